The second-order valence-electron chi connectivity index (χ2n) is 4.00. The molecule has 3 heteroatoms. The van der Waals surface area contributed by atoms with Gasteiger partial charge in [0.1, 0.15) is 11.3 Å². The maximum absolute atomic E-state index is 13.1. The Morgan fingerprint density at radius 1 is 1.12 bits per heavy atom. The molecule has 0 amide bonds. The van der Waals surface area contributed by atoms with E-state index in [4.69, 9.17) is 4.42 Å². The minimum atomic E-state index is -0.291. The van der Waals surface area contributed by atoms with Gasteiger partial charge in [0.15, 0.2) is 5.58 Å². The Balaban J connectivity index is 2.18. The Morgan fingerprint density at radius 2 is 2.00 bits per heavy atom. The minimum absolute atomic E-state index is 0.291. The molecule has 0 aliphatic carbocycles. The monoisotopic (exact) mass is 227 g/mol. The van der Waals surface area contributed by atoms with Gasteiger partial charge in [-0.05, 0) is 42.8 Å². The van der Waals surface area contributed by atoms with Crippen molar-refractivity contribution < 1.29 is 8.81 Å². The highest BCUT2D eigenvalue weighted by Crippen LogP contribution is 2.25. The van der Waals surface area contributed by atoms with E-state index in [1.54, 1.807) is 12.1 Å². The van der Waals surface area contributed by atoms with Gasteiger partial charge in [-0.15, -0.1) is 0 Å². The number of nitrogens with zero attached hydrogens (tertiary/aromatic N) is 1. The first-order valence-corrected chi connectivity index (χ1v) is 5.35. The van der Waals surface area contributed by atoms with Crippen LogP contribution in [0.2, 0.25) is 0 Å². The van der Waals surface area contributed by atoms with Gasteiger partial charge in [0.2, 0.25) is 5.89 Å². The molecule has 0 saturated heterocycles. The molecule has 3 aromatic rings. The SMILES string of the molecule is Cc1ccc2nc(-c3cccc(F)c3)oc2c1. The lowest BCUT2D eigenvalue weighted by Gasteiger charge is -1.93. The molecule has 17 heavy (non-hydrogen) atoms. The molecule has 0 aliphatic rings. The van der Waals surface area contributed by atoms with E-state index < -0.39 is 0 Å². The van der Waals surface area contributed by atoms with Crippen molar-refractivity contribution in [3.05, 3.63) is 53.8 Å². The second-order valence-corrected chi connectivity index (χ2v) is 4.00. The van der Waals surface area contributed by atoms with Crippen LogP contribution in [0.5, 0.6) is 0 Å². The van der Waals surface area contributed by atoms with Gasteiger partial charge >= 0.3 is 0 Å². The van der Waals surface area contributed by atoms with Gasteiger partial charge in [-0.3, -0.25) is 0 Å². The quantitative estimate of drug-likeness (QED) is 0.629. The van der Waals surface area contributed by atoms with E-state index in [2.05, 4.69) is 4.98 Å². The fourth-order valence-electron chi connectivity index (χ4n) is 1.78. The van der Waals surface area contributed by atoms with Crippen molar-refractivity contribution in [3.8, 4) is 11.5 Å². The van der Waals surface area contributed by atoms with Crippen molar-refractivity contribution in [3.63, 3.8) is 0 Å². The number of hydrogen-bond acceptors (Lipinski definition) is 2. The average molecular weight is 227 g/mol. The molecule has 2 nitrogen and oxygen atoms in total. The molecule has 84 valence electrons. The summed E-state index contributed by atoms with van der Waals surface area (Å²) in [5.41, 5.74) is 3.28. The largest absolute Gasteiger partial charge is 0.436 e. The van der Waals surface area contributed by atoms with E-state index in [1.807, 2.05) is 25.1 Å². The molecule has 1 heterocycles. The highest BCUT2D eigenvalue weighted by Gasteiger charge is 2.08. The molecule has 0 fully saturated rings. The molecule has 0 N–H and O–H groups in total. The van der Waals surface area contributed by atoms with Crippen molar-refractivity contribution in [2.24, 2.45) is 0 Å². The van der Waals surface area contributed by atoms with E-state index in [0.29, 0.717) is 11.5 Å². The van der Waals surface area contributed by atoms with Crippen molar-refractivity contribution >= 4 is 11.1 Å². The normalized spacial score (nSPS) is 10.9. The van der Waals surface area contributed by atoms with Crippen LogP contribution in [0.3, 0.4) is 0 Å². The number of aryl methyl sites for hydroxylation is 1. The predicted molar refractivity (Wildman–Crippen MR) is 64.1 cm³/mol. The maximum Gasteiger partial charge on any atom is 0.227 e. The number of benzene rings is 2. The number of halogens is 1. The Hall–Kier alpha value is -2.16. The molecular weight excluding hydrogens is 217 g/mol. The third kappa shape index (κ3) is 1.80. The highest BCUT2D eigenvalue weighted by molar-refractivity contribution is 5.76. The van der Waals surface area contributed by atoms with Crippen LogP contribution in [0.4, 0.5) is 4.39 Å². The van der Waals surface area contributed by atoms with Crippen LogP contribution in [-0.4, -0.2) is 4.98 Å². The summed E-state index contributed by atoms with van der Waals surface area (Å²) in [5, 5.41) is 0. The van der Waals surface area contributed by atoms with E-state index in [9.17, 15) is 4.39 Å². The summed E-state index contributed by atoms with van der Waals surface area (Å²) >= 11 is 0. The molecule has 0 saturated carbocycles. The van der Waals surface area contributed by atoms with Gasteiger partial charge in [0, 0.05) is 5.56 Å². The van der Waals surface area contributed by atoms with Gasteiger partial charge in [-0.1, -0.05) is 12.1 Å². The Labute approximate surface area is 97.7 Å². The van der Waals surface area contributed by atoms with E-state index in [0.717, 1.165) is 16.7 Å². The molecule has 2 aromatic carbocycles. The van der Waals surface area contributed by atoms with Gasteiger partial charge in [-0.2, -0.15) is 0 Å². The first-order chi connectivity index (χ1) is 8.22. The molecule has 0 spiro atoms. The van der Waals surface area contributed by atoms with Crippen molar-refractivity contribution in [2.45, 2.75) is 6.92 Å². The van der Waals surface area contributed by atoms with Gasteiger partial charge in [-0.25, -0.2) is 9.37 Å². The summed E-state index contributed by atoms with van der Waals surface area (Å²) in [7, 11) is 0. The zero-order valence-electron chi connectivity index (χ0n) is 9.27. The third-order valence-electron chi connectivity index (χ3n) is 2.62. The van der Waals surface area contributed by atoms with Gasteiger partial charge in [0.25, 0.3) is 0 Å². The fraction of sp³-hybridized carbons (Fsp3) is 0.0714. The topological polar surface area (TPSA) is 26.0 Å². The van der Waals surface area contributed by atoms with Crippen molar-refractivity contribution in [1.29, 1.82) is 0 Å². The molecule has 1 aromatic heterocycles. The van der Waals surface area contributed by atoms with Crippen LogP contribution >= 0.6 is 0 Å². The summed E-state index contributed by atoms with van der Waals surface area (Å²) in [4.78, 5) is 4.33. The Bertz CT molecular complexity index is 688. The predicted octanol–water partition coefficient (Wildman–Crippen LogP) is 3.94. The van der Waals surface area contributed by atoms with Crippen molar-refractivity contribution in [1.82, 2.24) is 4.98 Å². The number of aromatic nitrogens is 1. The molecule has 3 rings (SSSR count). The number of rotatable bonds is 1. The molecule has 0 aliphatic heterocycles. The number of oxazole rings is 1. The van der Waals surface area contributed by atoms with Crippen LogP contribution < -0.4 is 0 Å². The van der Waals surface area contributed by atoms with Gasteiger partial charge < -0.3 is 4.42 Å². The average Bonchev–Trinajstić information content (AvgIpc) is 2.72. The van der Waals surface area contributed by atoms with Crippen LogP contribution in [-0.2, 0) is 0 Å². The number of hydrogen-bond donors (Lipinski definition) is 0. The smallest absolute Gasteiger partial charge is 0.227 e. The lowest BCUT2D eigenvalue weighted by Crippen LogP contribution is -1.78. The lowest BCUT2D eigenvalue weighted by atomic mass is 10.2. The Kier molecular flexibility index (Phi) is 2.18. The zero-order valence-corrected chi connectivity index (χ0v) is 9.27. The second kappa shape index (κ2) is 3.70. The van der Waals surface area contributed by atoms with E-state index in [1.165, 1.54) is 12.1 Å². The van der Waals surface area contributed by atoms with Crippen LogP contribution in [0, 0.1) is 12.7 Å². The lowest BCUT2D eigenvalue weighted by molar-refractivity contribution is 0.611. The molecule has 0 atom stereocenters. The Morgan fingerprint density at radius 3 is 2.82 bits per heavy atom. The third-order valence-corrected chi connectivity index (χ3v) is 2.62. The van der Waals surface area contributed by atoms with E-state index >= 15 is 0 Å². The van der Waals surface area contributed by atoms with E-state index in [-0.39, 0.29) is 5.82 Å². The fourth-order valence-corrected chi connectivity index (χ4v) is 1.78. The summed E-state index contributed by atoms with van der Waals surface area (Å²) in [6, 6.07) is 12.0. The first kappa shape index (κ1) is 10.0. The van der Waals surface area contributed by atoms with Crippen LogP contribution in [0.1, 0.15) is 5.56 Å². The summed E-state index contributed by atoms with van der Waals surface area (Å²) in [5.74, 6) is 0.158. The van der Waals surface area contributed by atoms with Crippen LogP contribution in [0.15, 0.2) is 46.9 Å². The summed E-state index contributed by atoms with van der Waals surface area (Å²) < 4.78 is 18.7. The number of fused-ring (bicyclic) bond motifs is 1. The highest BCUT2D eigenvalue weighted by atomic mass is 19.1. The molecule has 0 bridgehead atoms. The molecular formula is C14H10FNO. The summed E-state index contributed by atoms with van der Waals surface area (Å²) in [6.45, 7) is 1.99. The standard InChI is InChI=1S/C14H10FNO/c1-9-5-6-12-13(7-9)17-14(16-12)10-3-2-4-11(15)8-10/h2-8H,1H3. The summed E-state index contributed by atoms with van der Waals surface area (Å²) in [6.07, 6.45) is 0. The van der Waals surface area contributed by atoms with Gasteiger partial charge in [0.05, 0.1) is 0 Å². The minimum Gasteiger partial charge on any atom is -0.436 e. The zero-order chi connectivity index (χ0) is 11.8. The first-order valence-electron chi connectivity index (χ1n) is 5.35. The molecule has 0 unspecified atom stereocenters. The van der Waals surface area contributed by atoms with Crippen molar-refractivity contribution in [2.75, 3.05) is 0 Å². The van der Waals surface area contributed by atoms with Crippen LogP contribution in [0.25, 0.3) is 22.6 Å². The maximum atomic E-state index is 13.1. The molecule has 0 radical (unpaired) electrons.